The van der Waals surface area contributed by atoms with E-state index >= 15 is 0 Å². The Morgan fingerprint density at radius 1 is 1.00 bits per heavy atom. The summed E-state index contributed by atoms with van der Waals surface area (Å²) >= 11 is 0. The number of carbonyl (C=O) groups is 1. The Kier molecular flexibility index (Phi) is 4.24. The van der Waals surface area contributed by atoms with Crippen LogP contribution in [-0.2, 0) is 4.79 Å². The fraction of sp³-hybridized carbons (Fsp3) is 0.786. The molecule has 0 aliphatic carbocycles. The van der Waals surface area contributed by atoms with E-state index in [1.54, 1.807) is 0 Å². The highest BCUT2D eigenvalue weighted by Gasteiger charge is 2.46. The molecule has 0 aromatic carbocycles. The summed E-state index contributed by atoms with van der Waals surface area (Å²) in [5.41, 5.74) is 0.528. The molecule has 0 saturated carbocycles. The molecule has 0 fully saturated rings. The van der Waals surface area contributed by atoms with Gasteiger partial charge in [-0.15, -0.1) is 12.1 Å². The predicted octanol–water partition coefficient (Wildman–Crippen LogP) is 3.80. The summed E-state index contributed by atoms with van der Waals surface area (Å²) in [5, 5.41) is -0.0524. The Bertz CT molecular complexity index is 292. The highest BCUT2D eigenvalue weighted by atomic mass is 16.1. The quantitative estimate of drug-likeness (QED) is 0.661. The average molecular weight is 222 g/mol. The molecule has 92 valence electrons. The molecule has 0 aromatic heterocycles. The van der Waals surface area contributed by atoms with Gasteiger partial charge in [-0.3, -0.25) is 4.79 Å². The van der Waals surface area contributed by atoms with Crippen molar-refractivity contribution >= 4 is 13.1 Å². The van der Waals surface area contributed by atoms with Gasteiger partial charge in [0.15, 0.2) is 7.28 Å². The van der Waals surface area contributed by atoms with Crippen molar-refractivity contribution in [3.8, 4) is 0 Å². The lowest BCUT2D eigenvalue weighted by atomic mass is 9.40. The van der Waals surface area contributed by atoms with E-state index in [0.717, 1.165) is 12.8 Å². The van der Waals surface area contributed by atoms with Gasteiger partial charge in [0.1, 0.15) is 5.78 Å². The molecule has 0 saturated heterocycles. The number of rotatable bonds is 4. The van der Waals surface area contributed by atoms with E-state index in [4.69, 9.17) is 0 Å². The molecule has 0 N–H and O–H groups in total. The highest BCUT2D eigenvalue weighted by Crippen LogP contribution is 2.48. The van der Waals surface area contributed by atoms with E-state index in [1.807, 2.05) is 27.7 Å². The van der Waals surface area contributed by atoms with Crippen molar-refractivity contribution in [1.29, 1.82) is 0 Å². The fourth-order valence-electron chi connectivity index (χ4n) is 2.22. The molecular formula is C14H27BO. The average Bonchev–Trinajstić information content (AvgIpc) is 1.98. The topological polar surface area (TPSA) is 17.1 Å². The van der Waals surface area contributed by atoms with Crippen molar-refractivity contribution in [1.82, 2.24) is 0 Å². The first-order valence-electron chi connectivity index (χ1n) is 6.01. The standard InChI is InChI=1S/C14H27BO/c1-10(2)15-14(8,9)13(6,7)11(16)12(3,4)5/h15H,1H2,2-9H3. The number of hydrogen-bond acceptors (Lipinski definition) is 1. The second-order valence-corrected chi connectivity index (χ2v) is 7.22. The largest absolute Gasteiger partial charge is 0.299 e. The van der Waals surface area contributed by atoms with E-state index in [0.29, 0.717) is 5.78 Å². The first-order chi connectivity index (χ1) is 6.82. The van der Waals surface area contributed by atoms with Crippen LogP contribution in [0.25, 0.3) is 0 Å². The molecule has 2 heteroatoms. The van der Waals surface area contributed by atoms with Crippen LogP contribution in [0, 0.1) is 10.8 Å². The lowest BCUT2D eigenvalue weighted by Crippen LogP contribution is -2.44. The van der Waals surface area contributed by atoms with Crippen molar-refractivity contribution in [2.45, 2.75) is 60.7 Å². The van der Waals surface area contributed by atoms with Crippen molar-refractivity contribution < 1.29 is 4.79 Å². The Morgan fingerprint density at radius 3 is 1.62 bits per heavy atom. The smallest absolute Gasteiger partial charge is 0.158 e. The van der Waals surface area contributed by atoms with Gasteiger partial charge in [-0.2, -0.15) is 0 Å². The molecule has 0 radical (unpaired) electrons. The molecule has 0 unspecified atom stereocenters. The Morgan fingerprint density at radius 2 is 1.38 bits per heavy atom. The second kappa shape index (κ2) is 4.39. The first-order valence-corrected chi connectivity index (χ1v) is 6.01. The predicted molar refractivity (Wildman–Crippen MR) is 74.2 cm³/mol. The van der Waals surface area contributed by atoms with Gasteiger partial charge in [0.25, 0.3) is 0 Å². The molecular weight excluding hydrogens is 195 g/mol. The van der Waals surface area contributed by atoms with Crippen molar-refractivity contribution in [2.24, 2.45) is 10.8 Å². The minimum absolute atomic E-state index is 0.0524. The highest BCUT2D eigenvalue weighted by molar-refractivity contribution is 6.49. The molecule has 0 bridgehead atoms. The van der Waals surface area contributed by atoms with E-state index in [2.05, 4.69) is 34.3 Å². The van der Waals surface area contributed by atoms with Crippen LogP contribution in [0.5, 0.6) is 0 Å². The van der Waals surface area contributed by atoms with Crippen LogP contribution in [0.4, 0.5) is 0 Å². The molecule has 0 heterocycles. The van der Waals surface area contributed by atoms with Crippen molar-refractivity contribution in [3.63, 3.8) is 0 Å². The van der Waals surface area contributed by atoms with Crippen LogP contribution in [0.3, 0.4) is 0 Å². The van der Waals surface area contributed by atoms with Crippen LogP contribution in [0.15, 0.2) is 12.1 Å². The van der Waals surface area contributed by atoms with E-state index < -0.39 is 0 Å². The zero-order valence-corrected chi connectivity index (χ0v) is 12.3. The Balaban J connectivity index is 5.19. The van der Waals surface area contributed by atoms with Crippen molar-refractivity contribution in [3.05, 3.63) is 12.1 Å². The molecule has 16 heavy (non-hydrogen) atoms. The minimum atomic E-state index is -0.329. The van der Waals surface area contributed by atoms with Crippen molar-refractivity contribution in [2.75, 3.05) is 0 Å². The first kappa shape index (κ1) is 15.5. The lowest BCUT2D eigenvalue weighted by Gasteiger charge is -2.43. The maximum absolute atomic E-state index is 12.5. The normalized spacial score (nSPS) is 13.5. The molecule has 0 atom stereocenters. The van der Waals surface area contributed by atoms with Gasteiger partial charge >= 0.3 is 0 Å². The molecule has 0 aromatic rings. The number of hydrogen-bond donors (Lipinski definition) is 0. The zero-order chi connectivity index (χ0) is 13.4. The molecule has 0 rings (SSSR count). The monoisotopic (exact) mass is 222 g/mol. The summed E-state index contributed by atoms with van der Waals surface area (Å²) in [6.07, 6.45) is 0. The maximum Gasteiger partial charge on any atom is 0.158 e. The third kappa shape index (κ3) is 3.23. The molecule has 0 amide bonds. The summed E-state index contributed by atoms with van der Waals surface area (Å²) in [4.78, 5) is 12.5. The van der Waals surface area contributed by atoms with Gasteiger partial charge < -0.3 is 0 Å². The van der Waals surface area contributed by atoms with Gasteiger partial charge in [-0.05, 0) is 5.31 Å². The molecule has 0 aliphatic rings. The second-order valence-electron chi connectivity index (χ2n) is 7.22. The molecule has 0 spiro atoms. The van der Waals surface area contributed by atoms with Crippen LogP contribution in [0.1, 0.15) is 55.4 Å². The third-order valence-electron chi connectivity index (χ3n) is 3.68. The van der Waals surface area contributed by atoms with E-state index in [9.17, 15) is 4.79 Å². The molecule has 1 nitrogen and oxygen atoms in total. The van der Waals surface area contributed by atoms with Gasteiger partial charge in [0.2, 0.25) is 0 Å². The summed E-state index contributed by atoms with van der Waals surface area (Å²) in [6.45, 7) is 20.4. The lowest BCUT2D eigenvalue weighted by molar-refractivity contribution is -0.136. The Labute approximate surface area is 102 Å². The number of ketones is 1. The van der Waals surface area contributed by atoms with Gasteiger partial charge in [0.05, 0.1) is 0 Å². The van der Waals surface area contributed by atoms with Gasteiger partial charge in [-0.25, -0.2) is 0 Å². The minimum Gasteiger partial charge on any atom is -0.299 e. The summed E-state index contributed by atoms with van der Waals surface area (Å²) < 4.78 is 0. The molecule has 0 aliphatic heterocycles. The van der Waals surface area contributed by atoms with E-state index in [1.165, 1.54) is 0 Å². The summed E-state index contributed by atoms with van der Waals surface area (Å²) in [5.74, 6) is 0.325. The van der Waals surface area contributed by atoms with Gasteiger partial charge in [-0.1, -0.05) is 55.4 Å². The van der Waals surface area contributed by atoms with Crippen LogP contribution in [0.2, 0.25) is 5.31 Å². The fourth-order valence-corrected chi connectivity index (χ4v) is 2.22. The van der Waals surface area contributed by atoms with Crippen LogP contribution >= 0.6 is 0 Å². The van der Waals surface area contributed by atoms with Gasteiger partial charge in [0, 0.05) is 10.8 Å². The SMILES string of the molecule is C=C(C)BC(C)(C)C(C)(C)C(=O)C(C)(C)C. The number of Topliss-reactive ketones (excluding diaryl/α,β-unsaturated/α-hetero) is 1. The number of carbonyl (C=O) groups excluding carboxylic acids is 1. The maximum atomic E-state index is 12.5. The zero-order valence-electron chi connectivity index (χ0n) is 12.3. The van der Waals surface area contributed by atoms with Crippen LogP contribution in [-0.4, -0.2) is 13.1 Å². The Hall–Kier alpha value is -0.525. The van der Waals surface area contributed by atoms with Crippen LogP contribution < -0.4 is 0 Å². The summed E-state index contributed by atoms with van der Waals surface area (Å²) in [6, 6.07) is 0. The summed E-state index contributed by atoms with van der Waals surface area (Å²) in [7, 11) is 0.891. The third-order valence-corrected chi connectivity index (χ3v) is 3.68. The van der Waals surface area contributed by atoms with E-state index in [-0.39, 0.29) is 16.1 Å². The number of allylic oxidation sites excluding steroid dienone is 1.